The molecule has 0 atom stereocenters. The van der Waals surface area contributed by atoms with Gasteiger partial charge in [-0.2, -0.15) is 9.78 Å². The zero-order chi connectivity index (χ0) is 22.9. The smallest absolute Gasteiger partial charge is 0.359 e. The summed E-state index contributed by atoms with van der Waals surface area (Å²) in [6.45, 7) is 1.36. The topological polar surface area (TPSA) is 94.1 Å². The van der Waals surface area contributed by atoms with E-state index in [9.17, 15) is 14.4 Å². The highest BCUT2D eigenvalue weighted by Gasteiger charge is 2.22. The summed E-state index contributed by atoms with van der Waals surface area (Å²) in [5.41, 5.74) is 2.18. The third-order valence-corrected chi connectivity index (χ3v) is 5.51. The third-order valence-electron chi connectivity index (χ3n) is 5.51. The summed E-state index contributed by atoms with van der Waals surface area (Å²) < 4.78 is 6.55. The van der Waals surface area contributed by atoms with E-state index < -0.39 is 12.6 Å². The lowest BCUT2D eigenvalue weighted by atomic mass is 10.1. The predicted molar refractivity (Wildman–Crippen MR) is 125 cm³/mol. The Hall–Kier alpha value is -4.52. The van der Waals surface area contributed by atoms with Crippen molar-refractivity contribution in [3.05, 3.63) is 106 Å². The van der Waals surface area contributed by atoms with Crippen LogP contribution in [0.4, 0.5) is 0 Å². The summed E-state index contributed by atoms with van der Waals surface area (Å²) >= 11 is 0. The van der Waals surface area contributed by atoms with Crippen molar-refractivity contribution in [2.45, 2.75) is 6.92 Å². The molecule has 0 aliphatic heterocycles. The molecule has 33 heavy (non-hydrogen) atoms. The second kappa shape index (κ2) is 8.20. The summed E-state index contributed by atoms with van der Waals surface area (Å²) in [6, 6.07) is 23.0. The molecule has 1 N–H and O–H groups in total. The van der Waals surface area contributed by atoms with Crippen LogP contribution in [0.1, 0.15) is 26.5 Å². The highest BCUT2D eigenvalue weighted by Crippen LogP contribution is 2.23. The Morgan fingerprint density at radius 1 is 0.879 bits per heavy atom. The van der Waals surface area contributed by atoms with Gasteiger partial charge in [-0.05, 0) is 31.2 Å². The molecule has 5 aromatic rings. The van der Waals surface area contributed by atoms with Gasteiger partial charge in [0.2, 0.25) is 5.78 Å². The first-order valence-corrected chi connectivity index (χ1v) is 10.4. The summed E-state index contributed by atoms with van der Waals surface area (Å²) in [7, 11) is 0. The average Bonchev–Trinajstić information content (AvgIpc) is 3.19. The molecule has 0 aliphatic carbocycles. The maximum absolute atomic E-state index is 13.0. The average molecular weight is 437 g/mol. The number of fused-ring (bicyclic) bond motifs is 2. The van der Waals surface area contributed by atoms with Gasteiger partial charge in [-0.3, -0.25) is 9.59 Å². The number of hydrogen-bond acceptors (Lipinski definition) is 5. The molecule has 0 bridgehead atoms. The fourth-order valence-corrected chi connectivity index (χ4v) is 3.99. The Balaban J connectivity index is 1.50. The van der Waals surface area contributed by atoms with Gasteiger partial charge in [-0.25, -0.2) is 4.79 Å². The number of rotatable bonds is 5. The fraction of sp³-hybridized carbons (Fsp3) is 0.0769. The third kappa shape index (κ3) is 3.59. The number of carbonyl (C=O) groups is 2. The molecule has 2 aromatic heterocycles. The molecular formula is C26H19N3O4. The summed E-state index contributed by atoms with van der Waals surface area (Å²) in [6.07, 6.45) is 0. The standard InChI is InChI=1S/C26H19N3O4/c1-16-23(20-13-7-8-14-21(20)27-16)22(30)15-33-26(32)24-18-11-5-6-12-19(18)25(31)29(28-24)17-9-3-2-4-10-17/h2-14,27H,15H2,1H3. The van der Waals surface area contributed by atoms with Crippen molar-refractivity contribution < 1.29 is 14.3 Å². The van der Waals surface area contributed by atoms with E-state index in [-0.39, 0.29) is 17.0 Å². The van der Waals surface area contributed by atoms with E-state index in [1.54, 1.807) is 55.5 Å². The van der Waals surface area contributed by atoms with Crippen molar-refractivity contribution >= 4 is 33.4 Å². The minimum Gasteiger partial charge on any atom is -0.452 e. The van der Waals surface area contributed by atoms with Crippen molar-refractivity contribution in [3.8, 4) is 5.69 Å². The van der Waals surface area contributed by atoms with Crippen molar-refractivity contribution in [1.29, 1.82) is 0 Å². The summed E-state index contributed by atoms with van der Waals surface area (Å²) in [5.74, 6) is -1.10. The lowest BCUT2D eigenvalue weighted by Gasteiger charge is -2.11. The number of aromatic amines is 1. The lowest BCUT2D eigenvalue weighted by molar-refractivity contribution is 0.0469. The summed E-state index contributed by atoms with van der Waals surface area (Å²) in [4.78, 5) is 42.1. The molecule has 0 saturated heterocycles. The van der Waals surface area contributed by atoms with Gasteiger partial charge in [0.15, 0.2) is 12.3 Å². The first-order valence-electron chi connectivity index (χ1n) is 10.4. The molecule has 7 nitrogen and oxygen atoms in total. The molecule has 0 aliphatic rings. The Morgan fingerprint density at radius 2 is 1.52 bits per heavy atom. The quantitative estimate of drug-likeness (QED) is 0.328. The van der Waals surface area contributed by atoms with E-state index in [1.165, 1.54) is 4.68 Å². The van der Waals surface area contributed by atoms with Crippen LogP contribution in [0.25, 0.3) is 27.4 Å². The molecule has 0 spiro atoms. The van der Waals surface area contributed by atoms with Crippen LogP contribution < -0.4 is 5.56 Å². The number of H-pyrrole nitrogens is 1. The SMILES string of the molecule is Cc1[nH]c2ccccc2c1C(=O)COC(=O)c1nn(-c2ccccc2)c(=O)c2ccccc12. The summed E-state index contributed by atoms with van der Waals surface area (Å²) in [5, 5.41) is 5.77. The van der Waals surface area contributed by atoms with Crippen molar-refractivity contribution in [2.75, 3.05) is 6.61 Å². The zero-order valence-corrected chi connectivity index (χ0v) is 17.7. The molecule has 0 unspecified atom stereocenters. The van der Waals surface area contributed by atoms with Gasteiger partial charge in [0.05, 0.1) is 11.1 Å². The van der Waals surface area contributed by atoms with Crippen LogP contribution in [0.2, 0.25) is 0 Å². The van der Waals surface area contributed by atoms with E-state index in [0.29, 0.717) is 27.7 Å². The van der Waals surface area contributed by atoms with Gasteiger partial charge in [0, 0.05) is 27.5 Å². The Morgan fingerprint density at radius 3 is 2.27 bits per heavy atom. The number of esters is 1. The minimum atomic E-state index is -0.776. The van der Waals surface area contributed by atoms with Gasteiger partial charge in [0.1, 0.15) is 0 Å². The molecule has 162 valence electrons. The van der Waals surface area contributed by atoms with E-state index in [2.05, 4.69) is 10.1 Å². The maximum Gasteiger partial charge on any atom is 0.359 e. The molecule has 0 saturated carbocycles. The van der Waals surface area contributed by atoms with Crippen molar-refractivity contribution in [1.82, 2.24) is 14.8 Å². The van der Waals surface area contributed by atoms with Crippen LogP contribution >= 0.6 is 0 Å². The number of ketones is 1. The van der Waals surface area contributed by atoms with E-state index >= 15 is 0 Å². The van der Waals surface area contributed by atoms with Gasteiger partial charge in [0.25, 0.3) is 5.56 Å². The van der Waals surface area contributed by atoms with Gasteiger partial charge in [-0.1, -0.05) is 54.6 Å². The number of Topliss-reactive ketones (excluding diaryl/α,β-unsaturated/α-hetero) is 1. The number of aromatic nitrogens is 3. The molecule has 7 heteroatoms. The van der Waals surface area contributed by atoms with Crippen LogP contribution in [0.15, 0.2) is 83.7 Å². The largest absolute Gasteiger partial charge is 0.452 e. The molecule has 3 aromatic carbocycles. The number of benzene rings is 3. The number of nitrogens with one attached hydrogen (secondary N) is 1. The molecular weight excluding hydrogens is 418 g/mol. The fourth-order valence-electron chi connectivity index (χ4n) is 3.99. The Bertz CT molecular complexity index is 1580. The second-order valence-electron chi connectivity index (χ2n) is 7.62. The molecule has 5 rings (SSSR count). The monoisotopic (exact) mass is 437 g/mol. The Labute approximate surface area is 188 Å². The van der Waals surface area contributed by atoms with Crippen LogP contribution in [0.3, 0.4) is 0 Å². The molecule has 0 amide bonds. The van der Waals surface area contributed by atoms with E-state index in [1.807, 2.05) is 30.3 Å². The highest BCUT2D eigenvalue weighted by molar-refractivity contribution is 6.11. The molecule has 0 fully saturated rings. The first-order chi connectivity index (χ1) is 16.0. The van der Waals surface area contributed by atoms with E-state index in [4.69, 9.17) is 4.74 Å². The van der Waals surface area contributed by atoms with Crippen LogP contribution in [0, 0.1) is 6.92 Å². The molecule has 0 radical (unpaired) electrons. The van der Waals surface area contributed by atoms with Gasteiger partial charge in [-0.15, -0.1) is 0 Å². The van der Waals surface area contributed by atoms with Crippen LogP contribution in [-0.2, 0) is 4.74 Å². The lowest BCUT2D eigenvalue weighted by Crippen LogP contribution is -2.26. The molecule has 2 heterocycles. The maximum atomic E-state index is 13.0. The second-order valence-corrected chi connectivity index (χ2v) is 7.62. The predicted octanol–water partition coefficient (Wildman–Crippen LogP) is 4.22. The van der Waals surface area contributed by atoms with Gasteiger partial charge < -0.3 is 9.72 Å². The zero-order valence-electron chi connectivity index (χ0n) is 17.7. The van der Waals surface area contributed by atoms with Crippen molar-refractivity contribution in [2.24, 2.45) is 0 Å². The van der Waals surface area contributed by atoms with Gasteiger partial charge >= 0.3 is 5.97 Å². The normalized spacial score (nSPS) is 11.1. The van der Waals surface area contributed by atoms with E-state index in [0.717, 1.165) is 10.9 Å². The van der Waals surface area contributed by atoms with Crippen molar-refractivity contribution in [3.63, 3.8) is 0 Å². The number of aryl methyl sites for hydroxylation is 1. The number of ether oxygens (including phenoxy) is 1. The van der Waals surface area contributed by atoms with Crippen LogP contribution in [0.5, 0.6) is 0 Å². The number of nitrogens with zero attached hydrogens (tertiary/aromatic N) is 2. The number of carbonyl (C=O) groups excluding carboxylic acids is 2. The van der Waals surface area contributed by atoms with Crippen LogP contribution in [-0.4, -0.2) is 33.1 Å². The minimum absolute atomic E-state index is 0.0301. The number of para-hydroxylation sites is 2. The Kier molecular flexibility index (Phi) is 5.06. The highest BCUT2D eigenvalue weighted by atomic mass is 16.5. The first kappa shape index (κ1) is 20.4. The number of hydrogen-bond donors (Lipinski definition) is 1.